The highest BCUT2D eigenvalue weighted by Crippen LogP contribution is 2.43. The molecule has 10 nitrogen and oxygen atoms in total. The summed E-state index contributed by atoms with van der Waals surface area (Å²) in [4.78, 5) is 2.70. The van der Waals surface area contributed by atoms with Gasteiger partial charge in [0.1, 0.15) is 34.6 Å². The Labute approximate surface area is 228 Å². The van der Waals surface area contributed by atoms with Gasteiger partial charge in [0.05, 0.1) is 15.9 Å². The number of rotatable bonds is 9. The van der Waals surface area contributed by atoms with Crippen LogP contribution < -0.4 is 25.5 Å². The highest BCUT2D eigenvalue weighted by molar-refractivity contribution is 7.89. The van der Waals surface area contributed by atoms with Crippen LogP contribution in [0.25, 0.3) is 33.4 Å². The molecular weight excluding hydrogens is 540 g/mol. The lowest BCUT2D eigenvalue weighted by atomic mass is 9.93. The van der Waals surface area contributed by atoms with Crippen molar-refractivity contribution in [3.63, 3.8) is 0 Å². The van der Waals surface area contributed by atoms with Crippen molar-refractivity contribution < 1.29 is 25.8 Å². The summed E-state index contributed by atoms with van der Waals surface area (Å²) < 4.78 is 70.6. The monoisotopic (exact) mass is 572 g/mol. The maximum absolute atomic E-state index is 12.5. The summed E-state index contributed by atoms with van der Waals surface area (Å²) in [7, 11) is -9.31. The third kappa shape index (κ3) is 5.43. The molecule has 0 atom stereocenters. The van der Waals surface area contributed by atoms with Crippen LogP contribution in [-0.2, 0) is 20.1 Å². The zero-order chi connectivity index (χ0) is 28.5. The number of nitrogens with zero attached hydrogens (tertiary/aromatic N) is 2. The molecule has 0 radical (unpaired) electrons. The summed E-state index contributed by atoms with van der Waals surface area (Å²) in [5.74, 6) is 5.63. The lowest BCUT2D eigenvalue weighted by Crippen LogP contribution is -2.30. The zero-order valence-electron chi connectivity index (χ0n) is 22.3. The van der Waals surface area contributed by atoms with E-state index in [1.165, 1.54) is 12.1 Å². The van der Waals surface area contributed by atoms with E-state index < -0.39 is 29.9 Å². The Balaban J connectivity index is 2.18. The first-order valence-electron chi connectivity index (χ1n) is 12.6. The van der Waals surface area contributed by atoms with E-state index in [9.17, 15) is 21.4 Å². The van der Waals surface area contributed by atoms with Crippen LogP contribution in [0.4, 0.5) is 5.69 Å². The minimum Gasteiger partial charge on any atom is -0.744 e. The Bertz CT molecular complexity index is 1790. The number of hydrazine groups is 1. The first kappa shape index (κ1) is 28.7. The second-order valence-corrected chi connectivity index (χ2v) is 12.0. The van der Waals surface area contributed by atoms with Gasteiger partial charge in [0.2, 0.25) is 5.36 Å². The molecular formula is C27H32N4O6S2. The number of benzene rings is 3. The quantitative estimate of drug-likeness (QED) is 0.102. The van der Waals surface area contributed by atoms with Crippen LogP contribution in [0.2, 0.25) is 0 Å². The van der Waals surface area contributed by atoms with Crippen molar-refractivity contribution in [2.24, 2.45) is 5.84 Å². The van der Waals surface area contributed by atoms with E-state index in [2.05, 4.69) is 9.48 Å². The molecule has 12 heteroatoms. The number of nitrogens with one attached hydrogen (secondary N) is 1. The van der Waals surface area contributed by atoms with Crippen molar-refractivity contribution in [3.05, 3.63) is 60.0 Å². The van der Waals surface area contributed by atoms with Crippen molar-refractivity contribution >= 4 is 36.8 Å². The average Bonchev–Trinajstić information content (AvgIpc) is 2.92. The number of hydrogen-bond acceptors (Lipinski definition) is 8. The Morgan fingerprint density at radius 2 is 1.56 bits per heavy atom. The molecule has 2 aromatic carbocycles. The van der Waals surface area contributed by atoms with Gasteiger partial charge in [0.25, 0.3) is 10.0 Å². The lowest BCUT2D eigenvalue weighted by Gasteiger charge is -2.23. The van der Waals surface area contributed by atoms with E-state index in [-0.39, 0.29) is 5.56 Å². The third-order valence-electron chi connectivity index (χ3n) is 6.90. The van der Waals surface area contributed by atoms with Crippen molar-refractivity contribution in [1.29, 1.82) is 0 Å². The normalized spacial score (nSPS) is 12.3. The molecule has 1 aliphatic heterocycles. The first-order chi connectivity index (χ1) is 18.5. The van der Waals surface area contributed by atoms with E-state index in [1.807, 2.05) is 64.1 Å². The van der Waals surface area contributed by atoms with Gasteiger partial charge in [-0.25, -0.2) is 21.4 Å². The fourth-order valence-corrected chi connectivity index (χ4v) is 6.32. The van der Waals surface area contributed by atoms with Gasteiger partial charge in [-0.3, -0.25) is 5.84 Å². The summed E-state index contributed by atoms with van der Waals surface area (Å²) in [6.45, 7) is 11.3. The molecule has 4 rings (SSSR count). The Morgan fingerprint density at radius 3 is 2.15 bits per heavy atom. The lowest BCUT2D eigenvalue weighted by molar-refractivity contribution is 0.463. The molecule has 0 spiro atoms. The molecule has 0 saturated carbocycles. The van der Waals surface area contributed by atoms with E-state index in [4.69, 9.17) is 10.3 Å². The van der Waals surface area contributed by atoms with Gasteiger partial charge < -0.3 is 13.9 Å². The van der Waals surface area contributed by atoms with Gasteiger partial charge in [0, 0.05) is 53.0 Å². The van der Waals surface area contributed by atoms with E-state index in [0.717, 1.165) is 43.3 Å². The predicted molar refractivity (Wildman–Crippen MR) is 151 cm³/mol. The minimum absolute atomic E-state index is 0.0675. The molecule has 0 amide bonds. The number of hydrogen-bond donors (Lipinski definition) is 2. The molecule has 1 heterocycles. The number of nitrogens with two attached hydrogens (primary N) is 1. The van der Waals surface area contributed by atoms with Crippen LogP contribution in [-0.4, -0.2) is 47.6 Å². The Hall–Kier alpha value is -3.29. The molecule has 2 aromatic rings. The highest BCUT2D eigenvalue weighted by Gasteiger charge is 2.24. The first-order valence-corrected chi connectivity index (χ1v) is 15.5. The highest BCUT2D eigenvalue weighted by atomic mass is 32.2. The summed E-state index contributed by atoms with van der Waals surface area (Å²) in [6, 6.07) is 14.6. The third-order valence-corrected chi connectivity index (χ3v) is 8.96. The summed E-state index contributed by atoms with van der Waals surface area (Å²) in [5, 5.41) is 1.50. The van der Waals surface area contributed by atoms with Crippen LogP contribution in [0.1, 0.15) is 27.7 Å². The fraction of sp³-hybridized carbons (Fsp3) is 0.296. The van der Waals surface area contributed by atoms with Crippen molar-refractivity contribution in [2.75, 3.05) is 31.1 Å². The molecule has 0 aromatic heterocycles. The summed E-state index contributed by atoms with van der Waals surface area (Å²) in [6.07, 6.45) is 0. The minimum atomic E-state index is -5.10. The van der Waals surface area contributed by atoms with Crippen molar-refractivity contribution in [3.8, 4) is 22.5 Å². The second-order valence-electron chi connectivity index (χ2n) is 8.92. The molecule has 0 fully saturated rings. The molecule has 0 unspecified atom stereocenters. The molecule has 0 bridgehead atoms. The molecule has 2 aliphatic rings. The molecule has 0 saturated heterocycles. The van der Waals surface area contributed by atoms with E-state index in [0.29, 0.717) is 27.9 Å². The zero-order valence-corrected chi connectivity index (χ0v) is 23.9. The standard InChI is InChI=1S/C27H32N4O6S2/c1-5-30(6-2)18-9-12-21-24(15-18)37-25-16-19(31(7-3)8-4)10-13-22(25)27(21)23-14-11-20(38(32,33)29-28)17-26(23)39(34,35)36/h9-17,29H,5-8,28H2,1-4H3. The molecule has 3 N–H and O–H groups in total. The number of fused-ring (bicyclic) bond motifs is 2. The van der Waals surface area contributed by atoms with Gasteiger partial charge in [-0.1, -0.05) is 6.07 Å². The van der Waals surface area contributed by atoms with Crippen LogP contribution in [0.15, 0.2) is 68.8 Å². The molecule has 208 valence electrons. The maximum atomic E-state index is 12.5. The second kappa shape index (κ2) is 11.1. The van der Waals surface area contributed by atoms with Crippen LogP contribution >= 0.6 is 0 Å². The molecule has 1 aliphatic carbocycles. The van der Waals surface area contributed by atoms with Crippen LogP contribution in [0.5, 0.6) is 0 Å². The van der Waals surface area contributed by atoms with E-state index >= 15 is 0 Å². The van der Waals surface area contributed by atoms with Gasteiger partial charge in [-0.15, -0.1) is 0 Å². The van der Waals surface area contributed by atoms with Crippen molar-refractivity contribution in [2.45, 2.75) is 37.5 Å². The SMILES string of the molecule is CCN(CC)c1ccc2c(-c3ccc(S(=O)(=O)NN)cc3S(=O)(=O)[O-])c3ccc(=[N+](CC)CC)cc-3oc2c1. The smallest absolute Gasteiger partial charge is 0.253 e. The number of sulfonamides is 1. The number of anilines is 1. The largest absolute Gasteiger partial charge is 0.744 e. The van der Waals surface area contributed by atoms with Crippen LogP contribution in [0.3, 0.4) is 0 Å². The topological polar surface area (TPSA) is 149 Å². The maximum Gasteiger partial charge on any atom is 0.253 e. The Morgan fingerprint density at radius 1 is 0.897 bits per heavy atom. The van der Waals surface area contributed by atoms with Gasteiger partial charge in [0.15, 0.2) is 0 Å². The van der Waals surface area contributed by atoms with Gasteiger partial charge in [-0.2, -0.15) is 4.83 Å². The predicted octanol–water partition coefficient (Wildman–Crippen LogP) is 2.92. The van der Waals surface area contributed by atoms with Gasteiger partial charge >= 0.3 is 0 Å². The van der Waals surface area contributed by atoms with Gasteiger partial charge in [-0.05, 0) is 58.0 Å². The van der Waals surface area contributed by atoms with Crippen LogP contribution in [0, 0.1) is 0 Å². The average molecular weight is 573 g/mol. The summed E-state index contributed by atoms with van der Waals surface area (Å²) >= 11 is 0. The summed E-state index contributed by atoms with van der Waals surface area (Å²) in [5.41, 5.74) is 2.51. The Kier molecular flexibility index (Phi) is 8.14. The molecule has 39 heavy (non-hydrogen) atoms. The van der Waals surface area contributed by atoms with E-state index in [1.54, 1.807) is 4.83 Å². The fourth-order valence-electron chi connectivity index (χ4n) is 4.88. The van der Waals surface area contributed by atoms with Crippen molar-refractivity contribution in [1.82, 2.24) is 9.41 Å².